The maximum atomic E-state index is 17.0. The lowest BCUT2D eigenvalue weighted by Gasteiger charge is -2.32. The van der Waals surface area contributed by atoms with E-state index in [1.165, 1.54) is 31.4 Å². The van der Waals surface area contributed by atoms with Crippen molar-refractivity contribution in [3.05, 3.63) is 35.9 Å². The summed E-state index contributed by atoms with van der Waals surface area (Å²) in [4.78, 5) is 18.6. The third kappa shape index (κ3) is 6.64. The predicted molar refractivity (Wildman–Crippen MR) is 188 cm³/mol. The van der Waals surface area contributed by atoms with Crippen molar-refractivity contribution in [2.45, 2.75) is 77.9 Å². The maximum absolute atomic E-state index is 17.0. The number of benzene rings is 2. The van der Waals surface area contributed by atoms with Crippen molar-refractivity contribution in [2.24, 2.45) is 0 Å². The molecule has 49 heavy (non-hydrogen) atoms. The van der Waals surface area contributed by atoms with E-state index >= 15 is 8.78 Å². The minimum atomic E-state index is -0.746. The van der Waals surface area contributed by atoms with Gasteiger partial charge in [-0.2, -0.15) is 9.97 Å². The summed E-state index contributed by atoms with van der Waals surface area (Å²) in [5, 5.41) is 15.2. The van der Waals surface area contributed by atoms with Gasteiger partial charge < -0.3 is 29.5 Å². The second-order valence-corrected chi connectivity index (χ2v) is 12.6. The van der Waals surface area contributed by atoms with Crippen LogP contribution in [0.4, 0.5) is 14.6 Å². The van der Waals surface area contributed by atoms with Gasteiger partial charge in [0.2, 0.25) is 5.88 Å². The normalized spacial score (nSPS) is 18.4. The summed E-state index contributed by atoms with van der Waals surface area (Å²) >= 11 is 0. The Bertz CT molecular complexity index is 1790. The van der Waals surface area contributed by atoms with Gasteiger partial charge >= 0.3 is 6.01 Å². The Morgan fingerprint density at radius 3 is 2.33 bits per heavy atom. The number of ether oxygens (including phenoxy) is 3. The molecule has 0 atom stereocenters. The molecule has 264 valence electrons. The van der Waals surface area contributed by atoms with E-state index in [1.807, 2.05) is 27.7 Å². The van der Waals surface area contributed by atoms with Crippen LogP contribution in [0.5, 0.6) is 23.4 Å². The summed E-state index contributed by atoms with van der Waals surface area (Å²) in [6, 6.07) is 5.79. The third-order valence-corrected chi connectivity index (χ3v) is 9.67. The van der Waals surface area contributed by atoms with Gasteiger partial charge in [-0.05, 0) is 75.2 Å². The average Bonchev–Trinajstić information content (AvgIpc) is 3.74. The van der Waals surface area contributed by atoms with Crippen LogP contribution in [0, 0.1) is 11.6 Å². The van der Waals surface area contributed by atoms with Gasteiger partial charge in [0.1, 0.15) is 34.8 Å². The zero-order valence-electron chi connectivity index (χ0n) is 29.2. The highest BCUT2D eigenvalue weighted by atomic mass is 19.1. The number of nitrogens with one attached hydrogen (secondary N) is 1. The first-order valence-corrected chi connectivity index (χ1v) is 17.8. The number of nitrogens with zero attached hydrogens (tertiary/aromatic N) is 5. The maximum Gasteiger partial charge on any atom is 0.319 e. The van der Waals surface area contributed by atoms with Crippen LogP contribution in [0.15, 0.2) is 24.3 Å². The molecule has 4 aliphatic rings. The first-order chi connectivity index (χ1) is 23.9. The summed E-state index contributed by atoms with van der Waals surface area (Å²) < 4.78 is 50.3. The topological polar surface area (TPSA) is 105 Å². The highest BCUT2D eigenvalue weighted by Crippen LogP contribution is 2.45. The number of halogens is 2. The minimum absolute atomic E-state index is 0.00965. The van der Waals surface area contributed by atoms with Crippen molar-refractivity contribution < 1.29 is 28.1 Å². The van der Waals surface area contributed by atoms with E-state index in [-0.39, 0.29) is 51.8 Å². The molecule has 3 aliphatic heterocycles. The number of aromatic hydroxyl groups is 1. The van der Waals surface area contributed by atoms with Gasteiger partial charge in [-0.25, -0.2) is 13.8 Å². The highest BCUT2D eigenvalue weighted by Gasteiger charge is 2.45. The van der Waals surface area contributed by atoms with Gasteiger partial charge in [0, 0.05) is 37.1 Å². The second-order valence-electron chi connectivity index (χ2n) is 12.6. The fourth-order valence-electron chi connectivity index (χ4n) is 7.31. The molecule has 0 radical (unpaired) electrons. The lowest BCUT2D eigenvalue weighted by atomic mass is 9.95. The first kappa shape index (κ1) is 34.8. The molecule has 1 aliphatic carbocycles. The van der Waals surface area contributed by atoms with Gasteiger partial charge in [0.05, 0.1) is 18.8 Å². The van der Waals surface area contributed by atoms with Crippen LogP contribution in [0.25, 0.3) is 32.9 Å². The fraction of sp³-hybridized carbons (Fsp3) is 0.541. The summed E-state index contributed by atoms with van der Waals surface area (Å²) in [5.41, 5.74) is -0.0247. The zero-order chi connectivity index (χ0) is 34.7. The molecule has 0 amide bonds. The zero-order valence-corrected chi connectivity index (χ0v) is 29.2. The number of rotatable bonds is 8. The van der Waals surface area contributed by atoms with Gasteiger partial charge in [0.25, 0.3) is 0 Å². The molecule has 0 spiro atoms. The molecule has 10 nitrogen and oxygen atoms in total. The van der Waals surface area contributed by atoms with Crippen molar-refractivity contribution in [1.82, 2.24) is 25.2 Å². The molecular formula is C37H48F2N6O4. The standard InChI is InChI=1S/C33H36F2N6O4.2C2H6/c1-43-31-25-28(26(35)27(37-31)22-17-20(42)16-19-4-7-23(34)29(24(19)22)45-21-5-6-21)38-32(39-30(25)40-14-10-36-11-15-40)44-18-33-8-2-12-41(33)13-3-9-33;2*1-2/h4,7,16-17,21,36,42H,2-3,5-6,8-15,18H2,1H3;2*1-2H3. The largest absolute Gasteiger partial charge is 0.508 e. The Kier molecular flexibility index (Phi) is 10.5. The molecule has 3 saturated heterocycles. The predicted octanol–water partition coefficient (Wildman–Crippen LogP) is 6.85. The SMILES string of the molecule is CC.CC.COc1nc(-c2cc(O)cc3ccc(F)c(OC4CC4)c23)c(F)c2nc(OCC34CCCN3CCC4)nc(N3CCNCC3)c12. The van der Waals surface area contributed by atoms with Crippen LogP contribution in [0.2, 0.25) is 0 Å². The minimum Gasteiger partial charge on any atom is -0.508 e. The second kappa shape index (κ2) is 14.8. The van der Waals surface area contributed by atoms with E-state index in [2.05, 4.69) is 25.1 Å². The van der Waals surface area contributed by atoms with Crippen molar-refractivity contribution in [2.75, 3.05) is 57.9 Å². The van der Waals surface area contributed by atoms with Crippen LogP contribution in [0.1, 0.15) is 66.2 Å². The highest BCUT2D eigenvalue weighted by molar-refractivity contribution is 6.04. The van der Waals surface area contributed by atoms with Crippen LogP contribution in [0.3, 0.4) is 0 Å². The Morgan fingerprint density at radius 2 is 1.65 bits per heavy atom. The number of pyridine rings is 1. The average molecular weight is 679 g/mol. The van der Waals surface area contributed by atoms with Gasteiger partial charge in [-0.3, -0.25) is 4.90 Å². The summed E-state index contributed by atoms with van der Waals surface area (Å²) in [6.07, 6.45) is 5.86. The van der Waals surface area contributed by atoms with Crippen LogP contribution in [-0.2, 0) is 0 Å². The van der Waals surface area contributed by atoms with Gasteiger partial charge in [-0.15, -0.1) is 0 Å². The number of aromatic nitrogens is 3. The number of anilines is 1. The third-order valence-electron chi connectivity index (χ3n) is 9.67. The molecular weight excluding hydrogens is 630 g/mol. The Balaban J connectivity index is 0.00000101. The van der Waals surface area contributed by atoms with Gasteiger partial charge in [-0.1, -0.05) is 33.8 Å². The summed E-state index contributed by atoms with van der Waals surface area (Å²) in [5.74, 6) is -0.814. The molecule has 4 fully saturated rings. The van der Waals surface area contributed by atoms with Crippen molar-refractivity contribution in [1.29, 1.82) is 0 Å². The number of hydrogen-bond acceptors (Lipinski definition) is 10. The van der Waals surface area contributed by atoms with Crippen LogP contribution < -0.4 is 24.4 Å². The van der Waals surface area contributed by atoms with E-state index in [9.17, 15) is 5.11 Å². The van der Waals surface area contributed by atoms with Gasteiger partial charge in [0.15, 0.2) is 17.4 Å². The van der Waals surface area contributed by atoms with Crippen molar-refractivity contribution >= 4 is 27.5 Å². The lowest BCUT2D eigenvalue weighted by molar-refractivity contribution is 0.108. The van der Waals surface area contributed by atoms with Crippen molar-refractivity contribution in [3.63, 3.8) is 0 Å². The molecule has 1 saturated carbocycles. The van der Waals surface area contributed by atoms with Crippen LogP contribution in [-0.4, -0.2) is 89.6 Å². The Morgan fingerprint density at radius 1 is 0.939 bits per heavy atom. The summed E-state index contributed by atoms with van der Waals surface area (Å²) in [7, 11) is 1.46. The van der Waals surface area contributed by atoms with E-state index in [0.717, 1.165) is 64.7 Å². The monoisotopic (exact) mass is 678 g/mol. The smallest absolute Gasteiger partial charge is 0.319 e. The molecule has 2 aromatic heterocycles. The quantitative estimate of drug-likeness (QED) is 0.206. The van der Waals surface area contributed by atoms with E-state index in [4.69, 9.17) is 19.2 Å². The Labute approximate surface area is 286 Å². The molecule has 5 heterocycles. The summed E-state index contributed by atoms with van der Waals surface area (Å²) in [6.45, 7) is 13.3. The molecule has 0 unspecified atom stereocenters. The number of piperazine rings is 1. The fourth-order valence-corrected chi connectivity index (χ4v) is 7.31. The van der Waals surface area contributed by atoms with Crippen LogP contribution >= 0.6 is 0 Å². The lowest BCUT2D eigenvalue weighted by Crippen LogP contribution is -2.44. The van der Waals surface area contributed by atoms with Crippen molar-refractivity contribution in [3.8, 4) is 34.6 Å². The first-order valence-electron chi connectivity index (χ1n) is 17.8. The molecule has 12 heteroatoms. The van der Waals surface area contributed by atoms with E-state index in [1.54, 1.807) is 0 Å². The molecule has 8 rings (SSSR count). The molecule has 2 N–H and O–H groups in total. The number of phenols is 1. The molecule has 4 aromatic rings. The Hall–Kier alpha value is -4.03. The number of fused-ring (bicyclic) bond motifs is 3. The van der Waals surface area contributed by atoms with E-state index in [0.29, 0.717) is 41.7 Å². The molecule has 0 bridgehead atoms. The number of hydrogen-bond donors (Lipinski definition) is 2. The number of methoxy groups -OCH3 is 1. The number of phenolic OH excluding ortho intramolecular Hbond substituents is 1. The van der Waals surface area contributed by atoms with E-state index < -0.39 is 11.6 Å². The molecule has 2 aromatic carbocycles.